The Morgan fingerprint density at radius 1 is 1.50 bits per heavy atom. The number of hydrogen-bond acceptors (Lipinski definition) is 4. The summed E-state index contributed by atoms with van der Waals surface area (Å²) in [4.78, 5) is 18.6. The number of carbonyl (C=O) groups excluding carboxylic acids is 1. The van der Waals surface area contributed by atoms with Gasteiger partial charge in [-0.15, -0.1) is 0 Å². The molecule has 120 valence electrons. The van der Waals surface area contributed by atoms with Crippen molar-refractivity contribution in [1.29, 1.82) is 0 Å². The summed E-state index contributed by atoms with van der Waals surface area (Å²) in [6.07, 6.45) is 6.10. The normalized spacial score (nSPS) is 24.5. The highest BCUT2D eigenvalue weighted by Gasteiger charge is 2.42. The number of fused-ring (bicyclic) bond motifs is 1. The number of hydrogen-bond donors (Lipinski definition) is 2. The average molecular weight is 303 g/mol. The van der Waals surface area contributed by atoms with Crippen molar-refractivity contribution in [2.24, 2.45) is 5.41 Å². The fraction of sp³-hybridized carbons (Fsp3) is 0.647. The molecule has 2 heterocycles. The number of amides is 1. The number of pyridine rings is 1. The van der Waals surface area contributed by atoms with Crippen molar-refractivity contribution in [3.8, 4) is 0 Å². The summed E-state index contributed by atoms with van der Waals surface area (Å²) in [5.74, 6) is -0.496. The Morgan fingerprint density at radius 3 is 2.82 bits per heavy atom. The van der Waals surface area contributed by atoms with E-state index in [0.717, 1.165) is 30.6 Å². The molecule has 0 aromatic carbocycles. The van der Waals surface area contributed by atoms with Gasteiger partial charge in [-0.2, -0.15) is 0 Å². The lowest BCUT2D eigenvalue weighted by atomic mass is 9.67. The third-order valence-electron chi connectivity index (χ3n) is 5.19. The summed E-state index contributed by atoms with van der Waals surface area (Å²) >= 11 is 0. The van der Waals surface area contributed by atoms with Gasteiger partial charge in [0, 0.05) is 36.9 Å². The average Bonchev–Trinajstić information content (AvgIpc) is 2.49. The molecule has 1 aromatic rings. The van der Waals surface area contributed by atoms with E-state index >= 15 is 0 Å². The van der Waals surface area contributed by atoms with Gasteiger partial charge in [-0.3, -0.25) is 19.9 Å². The first-order chi connectivity index (χ1) is 10.4. The molecule has 1 saturated carbocycles. The Labute approximate surface area is 131 Å². The van der Waals surface area contributed by atoms with Crippen LogP contribution in [0.1, 0.15) is 61.6 Å². The van der Waals surface area contributed by atoms with Crippen molar-refractivity contribution >= 4 is 5.91 Å². The van der Waals surface area contributed by atoms with Gasteiger partial charge in [0.1, 0.15) is 0 Å². The summed E-state index contributed by atoms with van der Waals surface area (Å²) in [7, 11) is 0. The molecule has 1 atom stereocenters. The lowest BCUT2D eigenvalue weighted by molar-refractivity contribution is -0.0129. The van der Waals surface area contributed by atoms with Crippen LogP contribution < -0.4 is 5.48 Å². The van der Waals surface area contributed by atoms with E-state index in [1.807, 2.05) is 6.07 Å². The van der Waals surface area contributed by atoms with E-state index in [4.69, 9.17) is 5.21 Å². The zero-order valence-corrected chi connectivity index (χ0v) is 13.6. The van der Waals surface area contributed by atoms with Crippen molar-refractivity contribution in [3.05, 3.63) is 29.1 Å². The highest BCUT2D eigenvalue weighted by molar-refractivity contribution is 5.93. The fourth-order valence-corrected chi connectivity index (χ4v) is 3.97. The molecule has 0 spiro atoms. The molecule has 5 nitrogen and oxygen atoms in total. The van der Waals surface area contributed by atoms with Crippen molar-refractivity contribution in [2.75, 3.05) is 0 Å². The van der Waals surface area contributed by atoms with E-state index in [0.29, 0.717) is 23.1 Å². The smallest absolute Gasteiger partial charge is 0.276 e. The molecule has 1 aliphatic carbocycles. The van der Waals surface area contributed by atoms with E-state index in [-0.39, 0.29) is 0 Å². The van der Waals surface area contributed by atoms with Crippen LogP contribution in [0.25, 0.3) is 0 Å². The Morgan fingerprint density at radius 2 is 2.23 bits per heavy atom. The molecule has 1 aromatic heterocycles. The van der Waals surface area contributed by atoms with Crippen LogP contribution in [-0.2, 0) is 13.0 Å². The lowest BCUT2D eigenvalue weighted by Crippen LogP contribution is -2.54. The number of rotatable bonds is 3. The topological polar surface area (TPSA) is 65.5 Å². The lowest BCUT2D eigenvalue weighted by Gasteiger charge is -2.52. The first kappa shape index (κ1) is 15.4. The molecule has 2 N–H and O–H groups in total. The molecule has 5 heteroatoms. The Balaban J connectivity index is 1.83. The van der Waals surface area contributed by atoms with E-state index in [2.05, 4.69) is 30.7 Å². The van der Waals surface area contributed by atoms with E-state index in [1.165, 1.54) is 12.8 Å². The van der Waals surface area contributed by atoms with Crippen LogP contribution >= 0.6 is 0 Å². The largest absolute Gasteiger partial charge is 0.293 e. The Bertz CT molecular complexity index is 577. The van der Waals surface area contributed by atoms with Gasteiger partial charge in [-0.1, -0.05) is 20.8 Å². The first-order valence-corrected chi connectivity index (χ1v) is 8.11. The van der Waals surface area contributed by atoms with Crippen LogP contribution in [-0.4, -0.2) is 33.1 Å². The van der Waals surface area contributed by atoms with Gasteiger partial charge in [0.15, 0.2) is 0 Å². The van der Waals surface area contributed by atoms with E-state index in [1.54, 1.807) is 11.7 Å². The first-order valence-electron chi connectivity index (χ1n) is 8.11. The monoisotopic (exact) mass is 303 g/mol. The highest BCUT2D eigenvalue weighted by atomic mass is 16.5. The third-order valence-corrected chi connectivity index (χ3v) is 5.19. The zero-order valence-electron chi connectivity index (χ0n) is 13.6. The molecular formula is C17H25N3O2. The van der Waals surface area contributed by atoms with E-state index < -0.39 is 5.91 Å². The van der Waals surface area contributed by atoms with Crippen LogP contribution in [0.5, 0.6) is 0 Å². The summed E-state index contributed by atoms with van der Waals surface area (Å²) < 4.78 is 0. The SMILES string of the molecule is CC[C@@H]1Cc2ncc(C(=O)NO)cc2CN1C1CC(C)(C)C1. The summed E-state index contributed by atoms with van der Waals surface area (Å²) in [5, 5.41) is 8.78. The van der Waals surface area contributed by atoms with Crippen LogP contribution in [0.3, 0.4) is 0 Å². The standard InChI is InChI=1S/C17H25N3O2/c1-4-13-6-15-12(5-11(9-18-15)16(21)19-22)10-20(13)14-7-17(2,3)8-14/h5,9,13-14,22H,4,6-8,10H2,1-3H3,(H,19,21)/t13-/m1/s1. The van der Waals surface area contributed by atoms with Crippen molar-refractivity contribution in [2.45, 2.75) is 65.1 Å². The predicted octanol–water partition coefficient (Wildman–Crippen LogP) is 2.53. The molecule has 1 fully saturated rings. The quantitative estimate of drug-likeness (QED) is 0.665. The molecular weight excluding hydrogens is 278 g/mol. The maximum absolute atomic E-state index is 11.6. The summed E-state index contributed by atoms with van der Waals surface area (Å²) in [6.45, 7) is 7.75. The summed E-state index contributed by atoms with van der Waals surface area (Å²) in [5.41, 5.74) is 4.78. The number of nitrogens with zero attached hydrogens (tertiary/aromatic N) is 2. The Kier molecular flexibility index (Phi) is 3.95. The van der Waals surface area contributed by atoms with Gasteiger partial charge in [0.25, 0.3) is 5.91 Å². The predicted molar refractivity (Wildman–Crippen MR) is 83.6 cm³/mol. The zero-order chi connectivity index (χ0) is 15.9. The van der Waals surface area contributed by atoms with Gasteiger partial charge in [0.2, 0.25) is 0 Å². The minimum Gasteiger partial charge on any atom is -0.293 e. The molecule has 0 unspecified atom stereocenters. The molecule has 1 aliphatic heterocycles. The fourth-order valence-electron chi connectivity index (χ4n) is 3.97. The maximum atomic E-state index is 11.6. The molecule has 3 rings (SSSR count). The molecule has 0 saturated heterocycles. The van der Waals surface area contributed by atoms with Crippen molar-refractivity contribution < 1.29 is 10.0 Å². The van der Waals surface area contributed by atoms with Gasteiger partial charge in [-0.05, 0) is 36.3 Å². The second-order valence-corrected chi connectivity index (χ2v) is 7.44. The minimum absolute atomic E-state index is 0.421. The number of aromatic nitrogens is 1. The Hall–Kier alpha value is -1.46. The van der Waals surface area contributed by atoms with Crippen molar-refractivity contribution in [3.63, 3.8) is 0 Å². The number of carbonyl (C=O) groups is 1. The van der Waals surface area contributed by atoms with Gasteiger partial charge < -0.3 is 0 Å². The molecule has 2 aliphatic rings. The third kappa shape index (κ3) is 2.75. The van der Waals surface area contributed by atoms with Gasteiger partial charge >= 0.3 is 0 Å². The molecule has 22 heavy (non-hydrogen) atoms. The number of hydroxylamine groups is 1. The minimum atomic E-state index is -0.496. The van der Waals surface area contributed by atoms with E-state index in [9.17, 15) is 4.79 Å². The number of nitrogens with one attached hydrogen (secondary N) is 1. The maximum Gasteiger partial charge on any atom is 0.276 e. The second kappa shape index (κ2) is 5.63. The highest BCUT2D eigenvalue weighted by Crippen LogP contribution is 2.45. The molecule has 0 radical (unpaired) electrons. The van der Waals surface area contributed by atoms with Crippen LogP contribution in [0.15, 0.2) is 12.3 Å². The van der Waals surface area contributed by atoms with Gasteiger partial charge in [0.05, 0.1) is 5.56 Å². The van der Waals surface area contributed by atoms with Gasteiger partial charge in [-0.25, -0.2) is 5.48 Å². The second-order valence-electron chi connectivity index (χ2n) is 7.44. The van der Waals surface area contributed by atoms with Crippen LogP contribution in [0.4, 0.5) is 0 Å². The van der Waals surface area contributed by atoms with Crippen molar-refractivity contribution in [1.82, 2.24) is 15.4 Å². The molecule has 0 bridgehead atoms. The van der Waals surface area contributed by atoms with Crippen LogP contribution in [0.2, 0.25) is 0 Å². The summed E-state index contributed by atoms with van der Waals surface area (Å²) in [6, 6.07) is 3.05. The molecule has 1 amide bonds. The van der Waals surface area contributed by atoms with Crippen LogP contribution in [0, 0.1) is 5.41 Å².